The predicted octanol–water partition coefficient (Wildman–Crippen LogP) is 0.570. The van der Waals surface area contributed by atoms with Crippen LogP contribution in [0.3, 0.4) is 0 Å². The number of amides is 1. The number of ether oxygens (including phenoxy) is 1. The molecule has 1 atom stereocenters. The number of nitrogens with zero attached hydrogens (tertiary/aromatic N) is 3. The number of pyridine rings is 1. The molecule has 2 aromatic heterocycles. The van der Waals surface area contributed by atoms with Crippen LogP contribution in [-0.4, -0.2) is 40.2 Å². The fourth-order valence-electron chi connectivity index (χ4n) is 1.62. The van der Waals surface area contributed by atoms with Gasteiger partial charge >= 0.3 is 0 Å². The van der Waals surface area contributed by atoms with Gasteiger partial charge in [-0.3, -0.25) is 9.36 Å². The Morgan fingerprint density at radius 2 is 2.40 bits per heavy atom. The van der Waals surface area contributed by atoms with E-state index in [0.717, 1.165) is 5.82 Å². The third-order valence-electron chi connectivity index (χ3n) is 2.75. The van der Waals surface area contributed by atoms with E-state index in [1.165, 1.54) is 0 Å². The Balaban J connectivity index is 1.95. The Bertz CT molecular complexity index is 538. The third-order valence-corrected chi connectivity index (χ3v) is 2.75. The minimum atomic E-state index is -0.594. The summed E-state index contributed by atoms with van der Waals surface area (Å²) in [6, 6.07) is 2.96. The Labute approximate surface area is 116 Å². The molecule has 0 saturated carbocycles. The van der Waals surface area contributed by atoms with Crippen LogP contribution in [-0.2, 0) is 9.53 Å². The molecular formula is C13H17N5O2. The monoisotopic (exact) mass is 275 g/mol. The first-order chi connectivity index (χ1) is 9.70. The summed E-state index contributed by atoms with van der Waals surface area (Å²) in [6.45, 7) is 0.451. The number of carbonyl (C=O) groups excluding carboxylic acids is 1. The summed E-state index contributed by atoms with van der Waals surface area (Å²) in [5.74, 6) is 0.475. The lowest BCUT2D eigenvalue weighted by molar-refractivity contribution is -0.117. The van der Waals surface area contributed by atoms with Gasteiger partial charge in [-0.1, -0.05) is 0 Å². The highest BCUT2D eigenvalue weighted by Crippen LogP contribution is 2.10. The van der Waals surface area contributed by atoms with E-state index in [-0.39, 0.29) is 5.91 Å². The van der Waals surface area contributed by atoms with Gasteiger partial charge in [0.1, 0.15) is 12.1 Å². The second-order valence-corrected chi connectivity index (χ2v) is 4.25. The first kappa shape index (κ1) is 14.2. The van der Waals surface area contributed by atoms with Gasteiger partial charge in [0.05, 0.1) is 17.9 Å². The molecule has 3 N–H and O–H groups in total. The van der Waals surface area contributed by atoms with E-state index in [9.17, 15) is 4.79 Å². The van der Waals surface area contributed by atoms with Crippen LogP contribution in [0.5, 0.6) is 0 Å². The van der Waals surface area contributed by atoms with Crippen LogP contribution in [0.15, 0.2) is 37.1 Å². The first-order valence-corrected chi connectivity index (χ1v) is 6.20. The zero-order valence-electron chi connectivity index (χ0n) is 11.2. The van der Waals surface area contributed by atoms with Crippen LogP contribution in [0, 0.1) is 0 Å². The highest BCUT2D eigenvalue weighted by Gasteiger charge is 2.13. The topological polar surface area (TPSA) is 95.1 Å². The Kier molecular flexibility index (Phi) is 4.80. The Morgan fingerprint density at radius 3 is 3.00 bits per heavy atom. The van der Waals surface area contributed by atoms with Crippen LogP contribution < -0.4 is 11.1 Å². The molecule has 20 heavy (non-hydrogen) atoms. The van der Waals surface area contributed by atoms with Gasteiger partial charge in [-0.25, -0.2) is 9.97 Å². The molecule has 0 aliphatic heterocycles. The number of hydrogen-bond donors (Lipinski definition) is 2. The van der Waals surface area contributed by atoms with Crippen molar-refractivity contribution in [2.75, 3.05) is 19.0 Å². The number of rotatable bonds is 6. The highest BCUT2D eigenvalue weighted by molar-refractivity contribution is 5.94. The second kappa shape index (κ2) is 6.78. The summed E-state index contributed by atoms with van der Waals surface area (Å²) >= 11 is 0. The quantitative estimate of drug-likeness (QED) is 0.803. The lowest BCUT2D eigenvalue weighted by atomic mass is 10.2. The maximum absolute atomic E-state index is 11.8. The van der Waals surface area contributed by atoms with E-state index in [1.807, 2.05) is 0 Å². The number of methoxy groups -OCH3 is 1. The number of imidazole rings is 1. The SMILES string of the molecule is COCCC(N)C(=O)Nc1ccc(-n2ccnc2)nc1. The molecule has 0 bridgehead atoms. The van der Waals surface area contributed by atoms with Crippen molar-refractivity contribution < 1.29 is 9.53 Å². The van der Waals surface area contributed by atoms with Crippen molar-refractivity contribution in [3.8, 4) is 5.82 Å². The van der Waals surface area contributed by atoms with Crippen molar-refractivity contribution in [2.45, 2.75) is 12.5 Å². The van der Waals surface area contributed by atoms with E-state index in [2.05, 4.69) is 15.3 Å². The standard InChI is InChI=1S/C13H17N5O2/c1-20-7-4-11(14)13(19)17-10-2-3-12(16-8-10)18-6-5-15-9-18/h2-3,5-6,8-9,11H,4,7,14H2,1H3,(H,17,19). The molecule has 2 rings (SSSR count). The van der Waals surface area contributed by atoms with Crippen LogP contribution in [0.1, 0.15) is 6.42 Å². The molecule has 2 heterocycles. The lowest BCUT2D eigenvalue weighted by Crippen LogP contribution is -2.36. The number of nitrogens with two attached hydrogens (primary N) is 1. The fourth-order valence-corrected chi connectivity index (χ4v) is 1.62. The molecule has 0 aromatic carbocycles. The second-order valence-electron chi connectivity index (χ2n) is 4.25. The van der Waals surface area contributed by atoms with Gasteiger partial charge in [-0.05, 0) is 18.6 Å². The number of nitrogens with one attached hydrogen (secondary N) is 1. The molecule has 0 radical (unpaired) electrons. The van der Waals surface area contributed by atoms with E-state index in [4.69, 9.17) is 10.5 Å². The number of hydrogen-bond acceptors (Lipinski definition) is 5. The molecule has 0 saturated heterocycles. The first-order valence-electron chi connectivity index (χ1n) is 6.20. The summed E-state index contributed by atoms with van der Waals surface area (Å²) < 4.78 is 6.66. The van der Waals surface area contributed by atoms with Gasteiger partial charge in [0.25, 0.3) is 0 Å². The largest absolute Gasteiger partial charge is 0.385 e. The molecule has 0 spiro atoms. The predicted molar refractivity (Wildman–Crippen MR) is 74.5 cm³/mol. The zero-order chi connectivity index (χ0) is 14.4. The normalized spacial score (nSPS) is 12.1. The average Bonchev–Trinajstić information content (AvgIpc) is 2.99. The Morgan fingerprint density at radius 1 is 1.55 bits per heavy atom. The van der Waals surface area contributed by atoms with Gasteiger partial charge in [0.2, 0.25) is 5.91 Å². The van der Waals surface area contributed by atoms with E-state index >= 15 is 0 Å². The van der Waals surface area contributed by atoms with Crippen molar-refractivity contribution >= 4 is 11.6 Å². The molecule has 1 unspecified atom stereocenters. The van der Waals surface area contributed by atoms with Crippen LogP contribution >= 0.6 is 0 Å². The van der Waals surface area contributed by atoms with Crippen molar-refractivity contribution in [1.29, 1.82) is 0 Å². The molecule has 0 fully saturated rings. The van der Waals surface area contributed by atoms with Gasteiger partial charge < -0.3 is 15.8 Å². The van der Waals surface area contributed by atoms with Crippen molar-refractivity contribution in [3.05, 3.63) is 37.1 Å². The molecule has 1 amide bonds. The van der Waals surface area contributed by atoms with Crippen molar-refractivity contribution in [1.82, 2.24) is 14.5 Å². The Hall–Kier alpha value is -2.25. The molecule has 7 nitrogen and oxygen atoms in total. The van der Waals surface area contributed by atoms with Gasteiger partial charge in [0.15, 0.2) is 0 Å². The third kappa shape index (κ3) is 3.62. The van der Waals surface area contributed by atoms with Crippen LogP contribution in [0.4, 0.5) is 5.69 Å². The molecule has 7 heteroatoms. The smallest absolute Gasteiger partial charge is 0.241 e. The van der Waals surface area contributed by atoms with Gasteiger partial charge in [-0.2, -0.15) is 0 Å². The van der Waals surface area contributed by atoms with Crippen molar-refractivity contribution in [3.63, 3.8) is 0 Å². The van der Waals surface area contributed by atoms with Crippen molar-refractivity contribution in [2.24, 2.45) is 5.73 Å². The molecule has 106 valence electrons. The molecule has 2 aromatic rings. The van der Waals surface area contributed by atoms with E-state index in [0.29, 0.717) is 18.7 Å². The lowest BCUT2D eigenvalue weighted by Gasteiger charge is -2.11. The summed E-state index contributed by atoms with van der Waals surface area (Å²) in [7, 11) is 1.57. The summed E-state index contributed by atoms with van der Waals surface area (Å²) in [5, 5.41) is 2.72. The summed E-state index contributed by atoms with van der Waals surface area (Å²) in [4.78, 5) is 20.0. The number of carbonyl (C=O) groups is 1. The summed E-state index contributed by atoms with van der Waals surface area (Å²) in [6.07, 6.45) is 7.17. The molecular weight excluding hydrogens is 258 g/mol. The minimum absolute atomic E-state index is 0.251. The average molecular weight is 275 g/mol. The zero-order valence-corrected chi connectivity index (χ0v) is 11.2. The molecule has 0 aliphatic rings. The van der Waals surface area contributed by atoms with Gasteiger partial charge in [-0.15, -0.1) is 0 Å². The minimum Gasteiger partial charge on any atom is -0.385 e. The van der Waals surface area contributed by atoms with E-state index < -0.39 is 6.04 Å². The fraction of sp³-hybridized carbons (Fsp3) is 0.308. The number of anilines is 1. The summed E-state index contributed by atoms with van der Waals surface area (Å²) in [5.41, 5.74) is 6.34. The maximum atomic E-state index is 11.8. The van der Waals surface area contributed by atoms with Gasteiger partial charge in [0, 0.05) is 26.1 Å². The van der Waals surface area contributed by atoms with Crippen LogP contribution in [0.25, 0.3) is 5.82 Å². The molecule has 0 aliphatic carbocycles. The number of aromatic nitrogens is 3. The van der Waals surface area contributed by atoms with E-state index in [1.54, 1.807) is 48.7 Å². The maximum Gasteiger partial charge on any atom is 0.241 e. The highest BCUT2D eigenvalue weighted by atomic mass is 16.5. The van der Waals surface area contributed by atoms with Crippen LogP contribution in [0.2, 0.25) is 0 Å².